The topological polar surface area (TPSA) is 86.8 Å². The number of anilines is 1. The molecular weight excluding hydrogens is 402 g/mol. The van der Waals surface area contributed by atoms with Crippen LogP contribution in [0, 0.1) is 28.9 Å². The van der Waals surface area contributed by atoms with Crippen molar-refractivity contribution in [1.29, 1.82) is 5.26 Å². The van der Waals surface area contributed by atoms with Crippen LogP contribution in [0.4, 0.5) is 14.6 Å². The van der Waals surface area contributed by atoms with E-state index in [-0.39, 0.29) is 40.7 Å². The summed E-state index contributed by atoms with van der Waals surface area (Å²) in [4.78, 5) is 18.8. The van der Waals surface area contributed by atoms with E-state index in [9.17, 15) is 18.8 Å². The fourth-order valence-electron chi connectivity index (χ4n) is 4.21. The molecule has 1 N–H and O–H groups in total. The van der Waals surface area contributed by atoms with Crippen LogP contribution >= 0.6 is 0 Å². The second-order valence-corrected chi connectivity index (χ2v) is 7.89. The summed E-state index contributed by atoms with van der Waals surface area (Å²) in [6.45, 7) is 3.67. The van der Waals surface area contributed by atoms with E-state index in [2.05, 4.69) is 22.3 Å². The van der Waals surface area contributed by atoms with Gasteiger partial charge in [-0.1, -0.05) is 13.0 Å². The summed E-state index contributed by atoms with van der Waals surface area (Å²) in [7, 11) is 0. The smallest absolute Gasteiger partial charge is 0.255 e. The Kier molecular flexibility index (Phi) is 4.43. The van der Waals surface area contributed by atoms with Gasteiger partial charge in [0.15, 0.2) is 11.6 Å². The van der Waals surface area contributed by atoms with Crippen LogP contribution in [0.15, 0.2) is 30.5 Å². The van der Waals surface area contributed by atoms with Crippen molar-refractivity contribution in [3.63, 3.8) is 0 Å². The number of nitrogens with one attached hydrogen (secondary N) is 1. The normalized spacial score (nSPS) is 17.5. The van der Waals surface area contributed by atoms with Crippen molar-refractivity contribution in [2.75, 3.05) is 18.0 Å². The van der Waals surface area contributed by atoms with Crippen molar-refractivity contribution >= 4 is 11.7 Å². The number of nitrogens with zero attached hydrogens (tertiary/aromatic N) is 5. The van der Waals surface area contributed by atoms with E-state index in [0.717, 1.165) is 6.42 Å². The van der Waals surface area contributed by atoms with Gasteiger partial charge in [0, 0.05) is 13.1 Å². The van der Waals surface area contributed by atoms with Crippen molar-refractivity contribution in [2.45, 2.75) is 19.9 Å². The number of fused-ring (bicyclic) bond motifs is 1. The molecule has 0 bridgehead atoms. The highest BCUT2D eigenvalue weighted by molar-refractivity contribution is 6.01. The number of hydrogen-bond donors (Lipinski definition) is 1. The molecule has 2 aliphatic heterocycles. The molecule has 31 heavy (non-hydrogen) atoms. The molecule has 2 aromatic heterocycles. The molecule has 0 saturated carbocycles. The van der Waals surface area contributed by atoms with E-state index in [1.54, 1.807) is 0 Å². The van der Waals surface area contributed by atoms with Crippen LogP contribution in [0.25, 0.3) is 16.9 Å². The number of amides is 1. The molecule has 7 nitrogen and oxygen atoms in total. The van der Waals surface area contributed by atoms with E-state index in [4.69, 9.17) is 0 Å². The van der Waals surface area contributed by atoms with Crippen LogP contribution in [-0.2, 0) is 6.54 Å². The molecule has 1 aromatic carbocycles. The monoisotopic (exact) mass is 420 g/mol. The molecule has 2 aliphatic rings. The number of nitriles is 1. The van der Waals surface area contributed by atoms with Crippen molar-refractivity contribution in [2.24, 2.45) is 5.92 Å². The van der Waals surface area contributed by atoms with Crippen LogP contribution in [0.1, 0.15) is 35.0 Å². The second-order valence-electron chi connectivity index (χ2n) is 7.89. The summed E-state index contributed by atoms with van der Waals surface area (Å²) < 4.78 is 30.7. The van der Waals surface area contributed by atoms with E-state index in [1.165, 1.54) is 35.1 Å². The molecule has 4 heterocycles. The van der Waals surface area contributed by atoms with E-state index in [0.29, 0.717) is 30.4 Å². The molecule has 1 fully saturated rings. The highest BCUT2D eigenvalue weighted by Gasteiger charge is 2.30. The number of rotatable bonds is 3. The molecule has 3 aromatic rings. The lowest BCUT2D eigenvalue weighted by Gasteiger charge is -2.15. The van der Waals surface area contributed by atoms with Gasteiger partial charge in [-0.15, -0.1) is 5.10 Å². The van der Waals surface area contributed by atoms with Crippen LogP contribution in [0.5, 0.6) is 0 Å². The summed E-state index contributed by atoms with van der Waals surface area (Å²) in [5, 5.41) is 16.5. The summed E-state index contributed by atoms with van der Waals surface area (Å²) in [5.41, 5.74) is 1.30. The molecule has 1 atom stereocenters. The zero-order chi connectivity index (χ0) is 21.7. The average molecular weight is 420 g/mol. The standard InChI is InChI=1S/C22H18F2N6O/c1-12-5-6-29(10-12)21-15(24)11-30(28-21)18-7-16(27-17-9-26-22(31)20(17)18)19-13(8-25)3-2-4-14(19)23/h2-4,7,11-12H,5-6,9-10H2,1H3,(H,26,31)/t12-/m0/s1. The number of aromatic nitrogens is 3. The van der Waals surface area contributed by atoms with Crippen LogP contribution in [-0.4, -0.2) is 33.8 Å². The molecule has 156 valence electrons. The molecule has 9 heteroatoms. The van der Waals surface area contributed by atoms with E-state index < -0.39 is 11.6 Å². The molecule has 5 rings (SSSR count). The largest absolute Gasteiger partial charge is 0.352 e. The number of halogens is 2. The Bertz CT molecular complexity index is 1260. The minimum absolute atomic E-state index is 0.0367. The average Bonchev–Trinajstić information content (AvgIpc) is 3.46. The minimum Gasteiger partial charge on any atom is -0.352 e. The van der Waals surface area contributed by atoms with Crippen LogP contribution in [0.3, 0.4) is 0 Å². The second kappa shape index (κ2) is 7.16. The van der Waals surface area contributed by atoms with Gasteiger partial charge >= 0.3 is 0 Å². The van der Waals surface area contributed by atoms with Gasteiger partial charge in [0.2, 0.25) is 0 Å². The Labute approximate surface area is 176 Å². The maximum atomic E-state index is 14.8. The van der Waals surface area contributed by atoms with Gasteiger partial charge in [0.25, 0.3) is 5.91 Å². The van der Waals surface area contributed by atoms with Crippen LogP contribution < -0.4 is 10.2 Å². The first kappa shape index (κ1) is 19.2. The van der Waals surface area contributed by atoms with Gasteiger partial charge in [-0.3, -0.25) is 4.79 Å². The zero-order valence-corrected chi connectivity index (χ0v) is 16.7. The Morgan fingerprint density at radius 3 is 2.84 bits per heavy atom. The van der Waals surface area contributed by atoms with Crippen molar-refractivity contribution < 1.29 is 13.6 Å². The van der Waals surface area contributed by atoms with Gasteiger partial charge in [0.05, 0.1) is 52.6 Å². The third kappa shape index (κ3) is 3.11. The minimum atomic E-state index is -0.604. The molecule has 0 unspecified atom stereocenters. The Balaban J connectivity index is 1.69. The van der Waals surface area contributed by atoms with Crippen molar-refractivity contribution in [3.8, 4) is 23.0 Å². The van der Waals surface area contributed by atoms with Gasteiger partial charge in [-0.05, 0) is 30.5 Å². The maximum Gasteiger partial charge on any atom is 0.255 e. The molecule has 1 saturated heterocycles. The van der Waals surface area contributed by atoms with E-state index in [1.807, 2.05) is 11.0 Å². The first-order chi connectivity index (χ1) is 15.0. The third-order valence-electron chi connectivity index (χ3n) is 5.73. The molecule has 0 spiro atoms. The lowest BCUT2D eigenvalue weighted by molar-refractivity contribution is 0.0965. The van der Waals surface area contributed by atoms with Gasteiger partial charge in [0.1, 0.15) is 5.82 Å². The highest BCUT2D eigenvalue weighted by Crippen LogP contribution is 2.32. The number of pyridine rings is 1. The number of hydrogen-bond acceptors (Lipinski definition) is 5. The number of carbonyl (C=O) groups is 1. The summed E-state index contributed by atoms with van der Waals surface area (Å²) in [6, 6.07) is 7.64. The van der Waals surface area contributed by atoms with E-state index >= 15 is 0 Å². The lowest BCUT2D eigenvalue weighted by atomic mass is 10.0. The quantitative estimate of drug-likeness (QED) is 0.703. The fourth-order valence-corrected chi connectivity index (χ4v) is 4.21. The van der Waals surface area contributed by atoms with Gasteiger partial charge < -0.3 is 10.2 Å². The predicted molar refractivity (Wildman–Crippen MR) is 109 cm³/mol. The SMILES string of the molecule is C[C@H]1CCN(c2nn(-c3cc(-c4c(F)cccc4C#N)nc4c3C(=O)NC4)cc2F)C1. The molecular formula is C22H18F2N6O. The Morgan fingerprint density at radius 1 is 1.26 bits per heavy atom. The van der Waals surface area contributed by atoms with Crippen molar-refractivity contribution in [1.82, 2.24) is 20.1 Å². The first-order valence-corrected chi connectivity index (χ1v) is 9.98. The molecule has 0 aliphatic carbocycles. The summed E-state index contributed by atoms with van der Waals surface area (Å²) in [6.07, 6.45) is 2.17. The third-order valence-corrected chi connectivity index (χ3v) is 5.73. The Hall–Kier alpha value is -3.80. The maximum absolute atomic E-state index is 14.8. The summed E-state index contributed by atoms with van der Waals surface area (Å²) >= 11 is 0. The molecule has 1 amide bonds. The highest BCUT2D eigenvalue weighted by atomic mass is 19.1. The molecule has 0 radical (unpaired) electrons. The number of benzene rings is 1. The van der Waals surface area contributed by atoms with Gasteiger partial charge in [-0.2, -0.15) is 5.26 Å². The fraction of sp³-hybridized carbons (Fsp3) is 0.273. The lowest BCUT2D eigenvalue weighted by Crippen LogP contribution is -2.21. The van der Waals surface area contributed by atoms with Crippen molar-refractivity contribution in [3.05, 3.63) is 58.9 Å². The van der Waals surface area contributed by atoms with Crippen LogP contribution in [0.2, 0.25) is 0 Å². The predicted octanol–water partition coefficient (Wildman–Crippen LogP) is 3.17. The zero-order valence-electron chi connectivity index (χ0n) is 16.7. The summed E-state index contributed by atoms with van der Waals surface area (Å²) in [5.74, 6) is -0.794. The first-order valence-electron chi connectivity index (χ1n) is 9.98. The van der Waals surface area contributed by atoms with Gasteiger partial charge in [-0.25, -0.2) is 18.4 Å². The Morgan fingerprint density at radius 2 is 2.10 bits per heavy atom. The number of carbonyl (C=O) groups excluding carboxylic acids is 1.